The lowest BCUT2D eigenvalue weighted by molar-refractivity contribution is 0.109. The molecule has 4 heteroatoms. The first-order valence-electron chi connectivity index (χ1n) is 6.39. The fraction of sp³-hybridized carbons (Fsp3) is 0.615. The molecule has 0 saturated carbocycles. The van der Waals surface area contributed by atoms with Crippen molar-refractivity contribution in [2.24, 2.45) is 0 Å². The number of rotatable bonds is 2. The van der Waals surface area contributed by atoms with Gasteiger partial charge >= 0.3 is 0 Å². The van der Waals surface area contributed by atoms with Gasteiger partial charge in [0.15, 0.2) is 0 Å². The maximum Gasteiger partial charge on any atom is 0.0734 e. The maximum atomic E-state index is 5.48. The van der Waals surface area contributed by atoms with E-state index in [1.54, 1.807) is 0 Å². The summed E-state index contributed by atoms with van der Waals surface area (Å²) in [5.74, 6) is 0. The lowest BCUT2D eigenvalue weighted by atomic mass is 10.00. The average Bonchev–Trinajstić information content (AvgIpc) is 2.40. The molecule has 0 amide bonds. The molecule has 3 heterocycles. The molecule has 1 N–H and O–H groups in total. The van der Waals surface area contributed by atoms with Gasteiger partial charge in [-0.15, -0.1) is 0 Å². The minimum absolute atomic E-state index is 0.734. The summed E-state index contributed by atoms with van der Waals surface area (Å²) in [5.41, 5.74) is 4.15. The van der Waals surface area contributed by atoms with Gasteiger partial charge in [0.05, 0.1) is 13.2 Å². The monoisotopic (exact) mass is 233 g/mol. The highest BCUT2D eigenvalue weighted by atomic mass is 16.5. The summed E-state index contributed by atoms with van der Waals surface area (Å²) in [6.07, 6.45) is 5.03. The number of fused-ring (bicyclic) bond motifs is 1. The molecule has 3 rings (SSSR count). The third-order valence-electron chi connectivity index (χ3n) is 3.59. The molecule has 1 aromatic heterocycles. The lowest BCUT2D eigenvalue weighted by Gasteiger charge is -2.29. The van der Waals surface area contributed by atoms with Gasteiger partial charge in [-0.2, -0.15) is 0 Å². The van der Waals surface area contributed by atoms with Crippen LogP contribution in [0.3, 0.4) is 0 Å². The van der Waals surface area contributed by atoms with Crippen molar-refractivity contribution in [1.29, 1.82) is 0 Å². The summed E-state index contributed by atoms with van der Waals surface area (Å²) >= 11 is 0. The van der Waals surface area contributed by atoms with Crippen molar-refractivity contribution in [2.75, 3.05) is 32.8 Å². The van der Waals surface area contributed by atoms with Crippen LogP contribution in [0.15, 0.2) is 12.4 Å². The van der Waals surface area contributed by atoms with E-state index in [2.05, 4.69) is 15.2 Å². The van der Waals surface area contributed by atoms with Crippen LogP contribution < -0.4 is 5.32 Å². The molecule has 1 fully saturated rings. The van der Waals surface area contributed by atoms with E-state index in [9.17, 15) is 0 Å². The van der Waals surface area contributed by atoms with Crippen LogP contribution in [0.1, 0.15) is 16.7 Å². The third-order valence-corrected chi connectivity index (χ3v) is 3.59. The van der Waals surface area contributed by atoms with E-state index < -0.39 is 0 Å². The van der Waals surface area contributed by atoms with Crippen LogP contribution in [0.5, 0.6) is 0 Å². The second-order valence-electron chi connectivity index (χ2n) is 4.77. The molecule has 2 aliphatic rings. The van der Waals surface area contributed by atoms with E-state index in [0.29, 0.717) is 0 Å². The summed E-state index contributed by atoms with van der Waals surface area (Å²) in [4.78, 5) is 6.84. The van der Waals surface area contributed by atoms with Crippen molar-refractivity contribution in [1.82, 2.24) is 15.2 Å². The van der Waals surface area contributed by atoms with Gasteiger partial charge in [0.2, 0.25) is 0 Å². The van der Waals surface area contributed by atoms with Crippen LogP contribution in [0.2, 0.25) is 0 Å². The van der Waals surface area contributed by atoms with Crippen molar-refractivity contribution >= 4 is 0 Å². The van der Waals surface area contributed by atoms with Gasteiger partial charge in [-0.25, -0.2) is 0 Å². The van der Waals surface area contributed by atoms with Crippen LogP contribution in [0.4, 0.5) is 0 Å². The molecule has 0 spiro atoms. The fourth-order valence-corrected chi connectivity index (χ4v) is 2.63. The normalized spacial score (nSPS) is 21.2. The van der Waals surface area contributed by atoms with E-state index >= 15 is 0 Å². The standard InChI is InChI=1S/C13H19N3O/c1-6-17-10-12-8-15-7-11(13(1)12)9-16-4-2-14-3-5-16/h7-8,14H,1-6,9-10H2. The lowest BCUT2D eigenvalue weighted by Crippen LogP contribution is -2.43. The Labute approximate surface area is 102 Å². The van der Waals surface area contributed by atoms with E-state index in [1.165, 1.54) is 16.7 Å². The number of piperazine rings is 1. The minimum atomic E-state index is 0.734. The van der Waals surface area contributed by atoms with Gasteiger partial charge in [-0.1, -0.05) is 0 Å². The molecule has 4 nitrogen and oxygen atoms in total. The number of ether oxygens (including phenoxy) is 1. The summed E-state index contributed by atoms with van der Waals surface area (Å²) in [6.45, 7) is 7.11. The van der Waals surface area contributed by atoms with E-state index in [4.69, 9.17) is 4.74 Å². The highest BCUT2D eigenvalue weighted by Gasteiger charge is 2.17. The first-order valence-corrected chi connectivity index (χ1v) is 6.39. The largest absolute Gasteiger partial charge is 0.376 e. The predicted molar refractivity (Wildman–Crippen MR) is 65.7 cm³/mol. The molecule has 0 unspecified atom stereocenters. The minimum Gasteiger partial charge on any atom is -0.376 e. The Morgan fingerprint density at radius 3 is 3.06 bits per heavy atom. The number of nitrogens with zero attached hydrogens (tertiary/aromatic N) is 2. The van der Waals surface area contributed by atoms with Gasteiger partial charge in [0.25, 0.3) is 0 Å². The maximum absolute atomic E-state index is 5.48. The Balaban J connectivity index is 1.77. The Morgan fingerprint density at radius 1 is 1.29 bits per heavy atom. The second-order valence-corrected chi connectivity index (χ2v) is 4.77. The van der Waals surface area contributed by atoms with E-state index in [0.717, 1.165) is 52.4 Å². The number of hydrogen-bond donors (Lipinski definition) is 1. The zero-order chi connectivity index (χ0) is 11.5. The van der Waals surface area contributed by atoms with Crippen LogP contribution >= 0.6 is 0 Å². The molecule has 0 aliphatic carbocycles. The number of pyridine rings is 1. The fourth-order valence-electron chi connectivity index (χ4n) is 2.63. The number of nitrogens with one attached hydrogen (secondary N) is 1. The summed E-state index contributed by atoms with van der Waals surface area (Å²) in [6, 6.07) is 0. The van der Waals surface area contributed by atoms with Crippen LogP contribution in [-0.4, -0.2) is 42.7 Å². The second kappa shape index (κ2) is 5.12. The molecule has 2 aliphatic heterocycles. The predicted octanol–water partition coefficient (Wildman–Crippen LogP) is 0.559. The first-order chi connectivity index (χ1) is 8.43. The smallest absolute Gasteiger partial charge is 0.0734 e. The third kappa shape index (κ3) is 2.49. The SMILES string of the molecule is c1ncc(CN2CCNCC2)c2c1COCC2. The van der Waals surface area contributed by atoms with Crippen LogP contribution in [0.25, 0.3) is 0 Å². The summed E-state index contributed by atoms with van der Waals surface area (Å²) in [7, 11) is 0. The number of aromatic nitrogens is 1. The van der Waals surface area contributed by atoms with Gasteiger partial charge in [0, 0.05) is 45.1 Å². The van der Waals surface area contributed by atoms with E-state index in [1.807, 2.05) is 12.4 Å². The molecule has 1 aromatic rings. The Kier molecular flexibility index (Phi) is 3.36. The zero-order valence-electron chi connectivity index (χ0n) is 10.1. The summed E-state index contributed by atoms with van der Waals surface area (Å²) < 4.78 is 5.48. The van der Waals surface area contributed by atoms with Gasteiger partial charge in [-0.05, 0) is 23.1 Å². The Hall–Kier alpha value is -0.970. The molecular formula is C13H19N3O. The van der Waals surface area contributed by atoms with Crippen LogP contribution in [0, 0.1) is 0 Å². The topological polar surface area (TPSA) is 37.4 Å². The molecular weight excluding hydrogens is 214 g/mol. The average molecular weight is 233 g/mol. The van der Waals surface area contributed by atoms with Crippen molar-refractivity contribution in [3.8, 4) is 0 Å². The molecule has 0 atom stereocenters. The Bertz CT molecular complexity index is 388. The molecule has 1 saturated heterocycles. The highest BCUT2D eigenvalue weighted by Crippen LogP contribution is 2.20. The molecule has 0 bridgehead atoms. The Morgan fingerprint density at radius 2 is 2.18 bits per heavy atom. The van der Waals surface area contributed by atoms with Crippen LogP contribution in [-0.2, 0) is 24.3 Å². The quantitative estimate of drug-likeness (QED) is 0.810. The van der Waals surface area contributed by atoms with Crippen molar-refractivity contribution in [3.63, 3.8) is 0 Å². The van der Waals surface area contributed by atoms with Crippen molar-refractivity contribution in [2.45, 2.75) is 19.6 Å². The summed E-state index contributed by atoms with van der Waals surface area (Å²) in [5, 5.41) is 3.39. The molecule has 0 radical (unpaired) electrons. The highest BCUT2D eigenvalue weighted by molar-refractivity contribution is 5.33. The first kappa shape index (κ1) is 11.1. The van der Waals surface area contributed by atoms with Gasteiger partial charge < -0.3 is 10.1 Å². The number of hydrogen-bond acceptors (Lipinski definition) is 4. The van der Waals surface area contributed by atoms with Crippen molar-refractivity contribution in [3.05, 3.63) is 29.1 Å². The van der Waals surface area contributed by atoms with E-state index in [-0.39, 0.29) is 0 Å². The molecule has 0 aromatic carbocycles. The van der Waals surface area contributed by atoms with Gasteiger partial charge in [-0.3, -0.25) is 9.88 Å². The van der Waals surface area contributed by atoms with Crippen molar-refractivity contribution < 1.29 is 4.74 Å². The zero-order valence-corrected chi connectivity index (χ0v) is 10.1. The molecule has 92 valence electrons. The van der Waals surface area contributed by atoms with Gasteiger partial charge in [0.1, 0.15) is 0 Å². The molecule has 17 heavy (non-hydrogen) atoms.